The summed E-state index contributed by atoms with van der Waals surface area (Å²) < 4.78 is 0. The molecule has 6 heterocycles. The Morgan fingerprint density at radius 1 is 0.152 bits per heavy atom. The van der Waals surface area contributed by atoms with Gasteiger partial charge in [0.15, 0.2) is 11.6 Å². The quantitative estimate of drug-likeness (QED) is 0.133. The molecule has 0 atom stereocenters. The molecule has 430 valence electrons. The first kappa shape index (κ1) is 54.8. The first-order valence-electron chi connectivity index (χ1n) is 30.7. The molecule has 8 nitrogen and oxygen atoms in total. The fourth-order valence-corrected chi connectivity index (χ4v) is 12.0. The monoisotopic (exact) mass is 1170 g/mol. The van der Waals surface area contributed by atoms with E-state index in [1.165, 1.54) is 10.8 Å². The number of rotatable bonds is 10. The second kappa shape index (κ2) is 24.2. The maximum atomic E-state index is 5.13. The molecule has 0 aliphatic carbocycles. The fourth-order valence-electron chi connectivity index (χ4n) is 12.0. The molecule has 0 N–H and O–H groups in total. The van der Waals surface area contributed by atoms with E-state index in [4.69, 9.17) is 39.9 Å². The minimum absolute atomic E-state index is 0.677. The number of fused-ring (bicyclic) bond motifs is 5. The Bertz CT molecular complexity index is 5450. The molecular formula is C84H54N8. The Hall–Kier alpha value is -12.5. The van der Waals surface area contributed by atoms with E-state index in [0.29, 0.717) is 11.6 Å². The van der Waals surface area contributed by atoms with Crippen molar-refractivity contribution in [3.8, 4) is 113 Å². The Kier molecular flexibility index (Phi) is 14.4. The lowest BCUT2D eigenvalue weighted by Crippen LogP contribution is -1.97. The van der Waals surface area contributed by atoms with Crippen molar-refractivity contribution in [2.45, 2.75) is 0 Å². The lowest BCUT2D eigenvalue weighted by Gasteiger charge is -2.10. The predicted octanol–water partition coefficient (Wildman–Crippen LogP) is 21.0. The molecule has 11 aromatic carbocycles. The van der Waals surface area contributed by atoms with Crippen LogP contribution in [0.25, 0.3) is 167 Å². The highest BCUT2D eigenvalue weighted by Crippen LogP contribution is 2.35. The summed E-state index contributed by atoms with van der Waals surface area (Å²) in [5.41, 5.74) is 21.4. The zero-order valence-electron chi connectivity index (χ0n) is 49.8. The minimum atomic E-state index is 0.677. The molecular weight excluding hydrogens is 1120 g/mol. The first-order chi connectivity index (χ1) is 45.5. The number of hydrogen-bond donors (Lipinski definition) is 0. The summed E-state index contributed by atoms with van der Waals surface area (Å²) in [6, 6.07) is 112. The molecule has 0 unspecified atom stereocenters. The molecule has 17 aromatic rings. The topological polar surface area (TPSA) is 103 Å². The molecule has 6 aromatic heterocycles. The van der Waals surface area contributed by atoms with Gasteiger partial charge in [0, 0.05) is 54.9 Å². The van der Waals surface area contributed by atoms with Crippen LogP contribution in [0, 0.1) is 0 Å². The summed E-state index contributed by atoms with van der Waals surface area (Å²) in [7, 11) is 0. The van der Waals surface area contributed by atoms with Gasteiger partial charge in [-0.2, -0.15) is 0 Å². The zero-order chi connectivity index (χ0) is 61.2. The maximum Gasteiger partial charge on any atom is 0.160 e. The van der Waals surface area contributed by atoms with Gasteiger partial charge in [-0.3, -0.25) is 0 Å². The fraction of sp³-hybridized carbons (Fsp3) is 0. The average Bonchev–Trinajstić information content (AvgIpc) is 2.00. The molecule has 17 rings (SSSR count). The van der Waals surface area contributed by atoms with Crippen LogP contribution < -0.4 is 0 Å². The Morgan fingerprint density at radius 2 is 0.500 bits per heavy atom. The molecule has 0 saturated heterocycles. The van der Waals surface area contributed by atoms with Crippen LogP contribution in [-0.4, -0.2) is 39.9 Å². The third-order valence-corrected chi connectivity index (χ3v) is 16.7. The Balaban J connectivity index is 0.000000147. The van der Waals surface area contributed by atoms with Gasteiger partial charge in [-0.1, -0.05) is 255 Å². The number of pyridine rings is 4. The van der Waals surface area contributed by atoms with Crippen molar-refractivity contribution >= 4 is 54.4 Å². The highest BCUT2D eigenvalue weighted by molar-refractivity contribution is 5.98. The smallest absolute Gasteiger partial charge is 0.160 e. The van der Waals surface area contributed by atoms with Crippen molar-refractivity contribution in [3.63, 3.8) is 0 Å². The van der Waals surface area contributed by atoms with Crippen LogP contribution in [0.4, 0.5) is 0 Å². The molecule has 0 radical (unpaired) electrons. The van der Waals surface area contributed by atoms with Crippen LogP contribution in [0.2, 0.25) is 0 Å². The number of benzene rings is 11. The summed E-state index contributed by atoms with van der Waals surface area (Å²) in [5, 5.41) is 6.78. The molecule has 0 spiro atoms. The Morgan fingerprint density at radius 3 is 1.00 bits per heavy atom. The van der Waals surface area contributed by atoms with Crippen LogP contribution in [0.15, 0.2) is 328 Å². The second-order valence-corrected chi connectivity index (χ2v) is 22.7. The van der Waals surface area contributed by atoms with Crippen molar-refractivity contribution in [2.24, 2.45) is 0 Å². The van der Waals surface area contributed by atoms with E-state index in [-0.39, 0.29) is 0 Å². The number of aromatic nitrogens is 8. The molecule has 8 heteroatoms. The van der Waals surface area contributed by atoms with Gasteiger partial charge in [0.1, 0.15) is 0 Å². The lowest BCUT2D eigenvalue weighted by atomic mass is 9.99. The summed E-state index contributed by atoms with van der Waals surface area (Å²) in [6.45, 7) is 0. The summed E-state index contributed by atoms with van der Waals surface area (Å²) in [6.07, 6.45) is 0. The van der Waals surface area contributed by atoms with Crippen LogP contribution in [0.3, 0.4) is 0 Å². The molecule has 92 heavy (non-hydrogen) atoms. The van der Waals surface area contributed by atoms with Gasteiger partial charge in [0.05, 0.1) is 67.6 Å². The van der Waals surface area contributed by atoms with Crippen LogP contribution in [0.5, 0.6) is 0 Å². The molecule has 0 bridgehead atoms. The van der Waals surface area contributed by atoms with E-state index >= 15 is 0 Å². The summed E-state index contributed by atoms with van der Waals surface area (Å²) >= 11 is 0. The van der Waals surface area contributed by atoms with Gasteiger partial charge in [-0.15, -0.1) is 0 Å². The van der Waals surface area contributed by atoms with E-state index in [1.807, 2.05) is 140 Å². The third-order valence-electron chi connectivity index (χ3n) is 16.7. The van der Waals surface area contributed by atoms with E-state index in [2.05, 4.69) is 188 Å². The summed E-state index contributed by atoms with van der Waals surface area (Å²) in [4.78, 5) is 40.0. The molecule has 0 aliphatic heterocycles. The molecule has 0 fully saturated rings. The number of nitrogens with zero attached hydrogens (tertiary/aromatic N) is 8. The van der Waals surface area contributed by atoms with Crippen molar-refractivity contribution < 1.29 is 0 Å². The third kappa shape index (κ3) is 11.3. The predicted molar refractivity (Wildman–Crippen MR) is 377 cm³/mol. The molecule has 0 aliphatic rings. The van der Waals surface area contributed by atoms with Crippen LogP contribution in [-0.2, 0) is 0 Å². The van der Waals surface area contributed by atoms with Crippen LogP contribution in [0.1, 0.15) is 0 Å². The van der Waals surface area contributed by atoms with Gasteiger partial charge in [-0.25, -0.2) is 39.9 Å². The van der Waals surface area contributed by atoms with Crippen molar-refractivity contribution in [2.75, 3.05) is 0 Å². The van der Waals surface area contributed by atoms with Gasteiger partial charge in [0.2, 0.25) is 0 Å². The highest BCUT2D eigenvalue weighted by atomic mass is 14.9. The van der Waals surface area contributed by atoms with Gasteiger partial charge >= 0.3 is 0 Å². The first-order valence-corrected chi connectivity index (χ1v) is 30.7. The van der Waals surface area contributed by atoms with E-state index in [9.17, 15) is 0 Å². The number of hydrogen-bond acceptors (Lipinski definition) is 8. The largest absolute Gasteiger partial charge is 0.248 e. The van der Waals surface area contributed by atoms with E-state index in [0.717, 1.165) is 145 Å². The van der Waals surface area contributed by atoms with Crippen molar-refractivity contribution in [3.05, 3.63) is 328 Å². The zero-order valence-corrected chi connectivity index (χ0v) is 49.8. The normalized spacial score (nSPS) is 11.3. The highest BCUT2D eigenvalue weighted by Gasteiger charge is 2.16. The summed E-state index contributed by atoms with van der Waals surface area (Å²) in [5.74, 6) is 1.36. The van der Waals surface area contributed by atoms with Gasteiger partial charge in [-0.05, 0) is 106 Å². The van der Waals surface area contributed by atoms with Gasteiger partial charge in [0.25, 0.3) is 0 Å². The Labute approximate surface area is 531 Å². The SMILES string of the molecule is c1ccc(-c2cc(-c3ccc4ccc(-c5ccc6nc(-c7cccc8ccccc78)ccc6c5)cc4n3)nc(-c3ccccc3)n2)cc1.c1ccc(-c2cc(-c3ccc4ccc(-c5ccc6nc(-c7ccccc7)ccc6c5)cc4n3)nc(-c3ccccc3)n2)cc1. The molecule has 0 saturated carbocycles. The maximum absolute atomic E-state index is 5.13. The van der Waals surface area contributed by atoms with E-state index < -0.39 is 0 Å². The average molecular weight is 1180 g/mol. The van der Waals surface area contributed by atoms with Gasteiger partial charge < -0.3 is 0 Å². The second-order valence-electron chi connectivity index (χ2n) is 22.7. The van der Waals surface area contributed by atoms with Crippen LogP contribution >= 0.6 is 0 Å². The van der Waals surface area contributed by atoms with E-state index in [1.54, 1.807) is 0 Å². The standard InChI is InChI=1S/C44H28N4.C40H26N4/c1-3-11-30(12-4-1)42-28-43(48-44(47-42)32-13-5-2-6-14-32)40-25-20-31-18-19-34(27-41(31)46-40)33-21-23-38-35(26-33)22-24-39(45-38)37-17-9-15-29-10-7-8-16-36(29)37;1-4-10-27(11-5-1)34-22-20-33-24-31(19-21-35(33)41-34)32-17-16-29-18-23-36(42-37(29)25-32)39-26-38(28-12-6-2-7-13-28)43-40(44-39)30-14-8-3-9-15-30/h1-28H;1-26H. The minimum Gasteiger partial charge on any atom is -0.248 e. The van der Waals surface area contributed by atoms with Crippen molar-refractivity contribution in [1.29, 1.82) is 0 Å². The molecule has 0 amide bonds. The van der Waals surface area contributed by atoms with Crippen molar-refractivity contribution in [1.82, 2.24) is 39.9 Å². The lowest BCUT2D eigenvalue weighted by molar-refractivity contribution is 1.17.